The van der Waals surface area contributed by atoms with Crippen LogP contribution in [0.1, 0.15) is 58.5 Å². The fraction of sp³-hybridized carbons (Fsp3) is 0.353. The number of nitrogens with zero attached hydrogens (tertiary/aromatic N) is 1. The van der Waals surface area contributed by atoms with Crippen LogP contribution in [-0.4, -0.2) is 22.1 Å². The van der Waals surface area contributed by atoms with E-state index in [1.807, 2.05) is 20.8 Å². The standard InChI is InChI=1S/C17H20N2O4/c1-9-6-10(2)12(7-11(9)16(21)22)18-15(20)13-8-14(23-19-13)17(3,4)5/h6-8H,1-5H3,(H,18,20)(H,21,22). The van der Waals surface area contributed by atoms with Gasteiger partial charge in [-0.1, -0.05) is 32.0 Å². The third kappa shape index (κ3) is 3.59. The van der Waals surface area contributed by atoms with Crippen LogP contribution in [0.5, 0.6) is 0 Å². The van der Waals surface area contributed by atoms with Crippen molar-refractivity contribution in [3.05, 3.63) is 46.3 Å². The van der Waals surface area contributed by atoms with E-state index in [0.717, 1.165) is 5.56 Å². The number of aromatic carboxylic acids is 1. The number of nitrogens with one attached hydrogen (secondary N) is 1. The summed E-state index contributed by atoms with van der Waals surface area (Å²) in [5, 5.41) is 15.7. The molecule has 0 unspecified atom stereocenters. The number of aromatic nitrogens is 1. The van der Waals surface area contributed by atoms with Gasteiger partial charge >= 0.3 is 5.97 Å². The Kier molecular flexibility index (Phi) is 4.27. The Morgan fingerprint density at radius 1 is 1.13 bits per heavy atom. The highest BCUT2D eigenvalue weighted by Crippen LogP contribution is 2.24. The minimum absolute atomic E-state index is 0.154. The van der Waals surface area contributed by atoms with Crippen LogP contribution in [0.4, 0.5) is 5.69 Å². The third-order valence-electron chi connectivity index (χ3n) is 3.53. The molecule has 1 amide bonds. The first-order chi connectivity index (χ1) is 10.6. The number of benzene rings is 1. The van der Waals surface area contributed by atoms with E-state index in [2.05, 4.69) is 10.5 Å². The van der Waals surface area contributed by atoms with Gasteiger partial charge in [-0.3, -0.25) is 4.79 Å². The zero-order valence-corrected chi connectivity index (χ0v) is 13.9. The van der Waals surface area contributed by atoms with Crippen LogP contribution in [0.25, 0.3) is 0 Å². The Hall–Kier alpha value is -2.63. The van der Waals surface area contributed by atoms with Crippen molar-refractivity contribution in [2.75, 3.05) is 5.32 Å². The van der Waals surface area contributed by atoms with Crippen molar-refractivity contribution in [1.29, 1.82) is 0 Å². The molecule has 2 rings (SSSR count). The first-order valence-electron chi connectivity index (χ1n) is 7.22. The SMILES string of the molecule is Cc1cc(C)c(C(=O)O)cc1NC(=O)c1cc(C(C)(C)C)on1. The molecule has 2 N–H and O–H groups in total. The Bertz CT molecular complexity index is 769. The minimum atomic E-state index is -1.03. The fourth-order valence-electron chi connectivity index (χ4n) is 2.14. The number of aryl methyl sites for hydroxylation is 2. The molecule has 0 fully saturated rings. The van der Waals surface area contributed by atoms with Gasteiger partial charge in [0.25, 0.3) is 5.91 Å². The number of carboxylic acid groups (broad SMARTS) is 1. The number of amides is 1. The summed E-state index contributed by atoms with van der Waals surface area (Å²) in [6.45, 7) is 9.39. The van der Waals surface area contributed by atoms with Gasteiger partial charge in [0, 0.05) is 17.2 Å². The molecule has 2 aromatic rings. The van der Waals surface area contributed by atoms with Crippen molar-refractivity contribution in [2.24, 2.45) is 0 Å². The second-order valence-electron chi connectivity index (χ2n) is 6.57. The molecule has 0 aliphatic heterocycles. The monoisotopic (exact) mass is 316 g/mol. The van der Waals surface area contributed by atoms with Crippen LogP contribution in [0.3, 0.4) is 0 Å². The lowest BCUT2D eigenvalue weighted by atomic mass is 9.93. The molecule has 122 valence electrons. The lowest BCUT2D eigenvalue weighted by Gasteiger charge is -2.12. The van der Waals surface area contributed by atoms with Crippen molar-refractivity contribution >= 4 is 17.6 Å². The van der Waals surface area contributed by atoms with Gasteiger partial charge < -0.3 is 14.9 Å². The van der Waals surface area contributed by atoms with Crippen LogP contribution < -0.4 is 5.32 Å². The minimum Gasteiger partial charge on any atom is -0.478 e. The molecular weight excluding hydrogens is 296 g/mol. The van der Waals surface area contributed by atoms with E-state index in [9.17, 15) is 14.7 Å². The maximum atomic E-state index is 12.3. The molecule has 6 heteroatoms. The van der Waals surface area contributed by atoms with E-state index in [0.29, 0.717) is 17.0 Å². The van der Waals surface area contributed by atoms with Gasteiger partial charge in [0.05, 0.1) is 5.56 Å². The molecule has 23 heavy (non-hydrogen) atoms. The second kappa shape index (κ2) is 5.87. The molecule has 1 aromatic carbocycles. The topological polar surface area (TPSA) is 92.4 Å². The smallest absolute Gasteiger partial charge is 0.336 e. The van der Waals surface area contributed by atoms with Crippen LogP contribution in [0.2, 0.25) is 0 Å². The lowest BCUT2D eigenvalue weighted by Crippen LogP contribution is -2.14. The Labute approximate surface area is 134 Å². The van der Waals surface area contributed by atoms with E-state index in [4.69, 9.17) is 4.52 Å². The lowest BCUT2D eigenvalue weighted by molar-refractivity contribution is 0.0695. The average Bonchev–Trinajstić information content (AvgIpc) is 2.91. The molecular formula is C17H20N2O4. The Morgan fingerprint density at radius 3 is 2.30 bits per heavy atom. The van der Waals surface area contributed by atoms with E-state index >= 15 is 0 Å². The molecule has 0 aliphatic rings. The van der Waals surface area contributed by atoms with Crippen molar-refractivity contribution in [2.45, 2.75) is 40.0 Å². The molecule has 1 aromatic heterocycles. The van der Waals surface area contributed by atoms with Crippen molar-refractivity contribution in [1.82, 2.24) is 5.16 Å². The van der Waals surface area contributed by atoms with Crippen LogP contribution in [0, 0.1) is 13.8 Å². The van der Waals surface area contributed by atoms with Crippen LogP contribution in [0.15, 0.2) is 22.7 Å². The number of hydrogen-bond acceptors (Lipinski definition) is 4. The van der Waals surface area contributed by atoms with Gasteiger partial charge in [-0.2, -0.15) is 0 Å². The summed E-state index contributed by atoms with van der Waals surface area (Å²) < 4.78 is 5.19. The zero-order valence-electron chi connectivity index (χ0n) is 13.9. The van der Waals surface area contributed by atoms with Crippen molar-refractivity contribution in [3.63, 3.8) is 0 Å². The first kappa shape index (κ1) is 16.7. The fourth-order valence-corrected chi connectivity index (χ4v) is 2.14. The summed E-state index contributed by atoms with van der Waals surface area (Å²) in [7, 11) is 0. The molecule has 0 spiro atoms. The van der Waals surface area contributed by atoms with Gasteiger partial charge in [-0.15, -0.1) is 0 Å². The molecule has 1 heterocycles. The summed E-state index contributed by atoms with van der Waals surface area (Å²) in [4.78, 5) is 23.5. The molecule has 0 saturated carbocycles. The van der Waals surface area contributed by atoms with E-state index < -0.39 is 11.9 Å². The molecule has 0 atom stereocenters. The van der Waals surface area contributed by atoms with Gasteiger partial charge in [-0.05, 0) is 31.0 Å². The van der Waals surface area contributed by atoms with Crippen LogP contribution in [-0.2, 0) is 5.41 Å². The summed E-state index contributed by atoms with van der Waals surface area (Å²) in [5.41, 5.74) is 1.93. The van der Waals surface area contributed by atoms with Crippen LogP contribution >= 0.6 is 0 Å². The molecule has 6 nitrogen and oxygen atoms in total. The van der Waals surface area contributed by atoms with Gasteiger partial charge in [0.15, 0.2) is 5.69 Å². The van der Waals surface area contributed by atoms with Gasteiger partial charge in [0.2, 0.25) is 0 Å². The van der Waals surface area contributed by atoms with E-state index in [-0.39, 0.29) is 16.7 Å². The zero-order chi connectivity index (χ0) is 17.4. The van der Waals surface area contributed by atoms with Gasteiger partial charge in [-0.25, -0.2) is 4.79 Å². The highest BCUT2D eigenvalue weighted by molar-refractivity contribution is 6.04. The summed E-state index contributed by atoms with van der Waals surface area (Å²) in [6, 6.07) is 4.77. The van der Waals surface area contributed by atoms with Crippen molar-refractivity contribution < 1.29 is 19.2 Å². The maximum Gasteiger partial charge on any atom is 0.336 e. The number of carbonyl (C=O) groups is 2. The Balaban J connectivity index is 2.28. The predicted molar refractivity (Wildman–Crippen MR) is 86.0 cm³/mol. The van der Waals surface area contributed by atoms with Crippen molar-refractivity contribution in [3.8, 4) is 0 Å². The second-order valence-corrected chi connectivity index (χ2v) is 6.57. The highest BCUT2D eigenvalue weighted by Gasteiger charge is 2.22. The predicted octanol–water partition coefficient (Wildman–Crippen LogP) is 3.54. The normalized spacial score (nSPS) is 11.3. The maximum absolute atomic E-state index is 12.3. The third-order valence-corrected chi connectivity index (χ3v) is 3.53. The Morgan fingerprint density at radius 2 is 1.78 bits per heavy atom. The number of hydrogen-bond donors (Lipinski definition) is 2. The summed E-state index contributed by atoms with van der Waals surface area (Å²) in [6.07, 6.45) is 0. The number of carboxylic acids is 1. The average molecular weight is 316 g/mol. The number of anilines is 1. The summed E-state index contributed by atoms with van der Waals surface area (Å²) >= 11 is 0. The number of carbonyl (C=O) groups excluding carboxylic acids is 1. The molecule has 0 aliphatic carbocycles. The summed E-state index contributed by atoms with van der Waals surface area (Å²) in [5.74, 6) is -0.864. The molecule has 0 saturated heterocycles. The quantitative estimate of drug-likeness (QED) is 0.903. The van der Waals surface area contributed by atoms with Gasteiger partial charge in [0.1, 0.15) is 5.76 Å². The van der Waals surface area contributed by atoms with E-state index in [1.165, 1.54) is 6.07 Å². The first-order valence-corrected chi connectivity index (χ1v) is 7.22. The molecule has 0 bridgehead atoms. The largest absolute Gasteiger partial charge is 0.478 e. The number of rotatable bonds is 3. The molecule has 0 radical (unpaired) electrons. The highest BCUT2D eigenvalue weighted by atomic mass is 16.5. The van der Waals surface area contributed by atoms with E-state index in [1.54, 1.807) is 26.0 Å².